The van der Waals surface area contributed by atoms with E-state index >= 15 is 0 Å². The fraction of sp³-hybridized carbons (Fsp3) is 0.158. The molecule has 290 valence electrons. The van der Waals surface area contributed by atoms with Crippen LogP contribution >= 0.6 is 0 Å². The van der Waals surface area contributed by atoms with Gasteiger partial charge in [-0.1, -0.05) is 173 Å². The van der Waals surface area contributed by atoms with Crippen LogP contribution in [0, 0.1) is 11.8 Å². The molecular weight excluding hydrogens is 715 g/mol. The van der Waals surface area contributed by atoms with E-state index in [-0.39, 0.29) is 0 Å². The van der Waals surface area contributed by atoms with E-state index in [1.165, 1.54) is 56.5 Å². The zero-order valence-corrected chi connectivity index (χ0v) is 34.4. The number of fused-ring (bicyclic) bond motifs is 3. The van der Waals surface area contributed by atoms with Gasteiger partial charge in [-0.05, 0) is 135 Å². The van der Waals surface area contributed by atoms with Gasteiger partial charge < -0.3 is 9.64 Å². The fourth-order valence-electron chi connectivity index (χ4n) is 9.33. The predicted octanol–water partition coefficient (Wildman–Crippen LogP) is 15.8. The van der Waals surface area contributed by atoms with Gasteiger partial charge in [0.25, 0.3) is 0 Å². The Morgan fingerprint density at radius 3 is 1.59 bits per heavy atom. The van der Waals surface area contributed by atoms with Gasteiger partial charge >= 0.3 is 0 Å². The number of rotatable bonds is 12. The molecule has 8 aromatic rings. The third-order valence-electron chi connectivity index (χ3n) is 12.1. The van der Waals surface area contributed by atoms with E-state index in [9.17, 15) is 0 Å². The minimum Gasteiger partial charge on any atom is -0.457 e. The Bertz CT molecular complexity index is 2630. The molecule has 0 aromatic heterocycles. The second kappa shape index (κ2) is 16.3. The summed E-state index contributed by atoms with van der Waals surface area (Å²) < 4.78 is 6.53. The number of nitrogens with zero attached hydrogens (tertiary/aromatic N) is 1. The largest absolute Gasteiger partial charge is 0.457 e. The first-order chi connectivity index (χ1) is 28.9. The third-order valence-corrected chi connectivity index (χ3v) is 12.1. The molecule has 0 fully saturated rings. The van der Waals surface area contributed by atoms with E-state index < -0.39 is 5.41 Å². The van der Waals surface area contributed by atoms with E-state index in [0.29, 0.717) is 17.8 Å². The topological polar surface area (TPSA) is 12.5 Å². The van der Waals surface area contributed by atoms with Crippen molar-refractivity contribution in [3.05, 3.63) is 234 Å². The van der Waals surface area contributed by atoms with Gasteiger partial charge in [-0.25, -0.2) is 0 Å². The van der Waals surface area contributed by atoms with Crippen molar-refractivity contribution in [1.82, 2.24) is 0 Å². The summed E-state index contributed by atoms with van der Waals surface area (Å²) in [5.74, 6) is 3.45. The molecule has 0 amide bonds. The highest BCUT2D eigenvalue weighted by atomic mass is 16.5. The normalized spacial score (nSPS) is 14.8. The first kappa shape index (κ1) is 37.9. The molecule has 1 aliphatic rings. The van der Waals surface area contributed by atoms with E-state index in [4.69, 9.17) is 4.74 Å². The van der Waals surface area contributed by atoms with Gasteiger partial charge in [0.2, 0.25) is 0 Å². The molecule has 0 N–H and O–H groups in total. The quantitative estimate of drug-likeness (QED) is 0.123. The number of benzene rings is 8. The molecule has 0 saturated carbocycles. The second-order valence-corrected chi connectivity index (χ2v) is 16.7. The van der Waals surface area contributed by atoms with Crippen molar-refractivity contribution in [1.29, 1.82) is 0 Å². The average molecular weight is 766 g/mol. The van der Waals surface area contributed by atoms with Crippen molar-refractivity contribution in [2.24, 2.45) is 11.8 Å². The average Bonchev–Trinajstić information content (AvgIpc) is 3.58. The Morgan fingerprint density at radius 1 is 0.441 bits per heavy atom. The molecule has 0 aliphatic heterocycles. The van der Waals surface area contributed by atoms with Gasteiger partial charge in [-0.3, -0.25) is 0 Å². The molecular formula is C57H51NO. The molecule has 1 aliphatic carbocycles. The monoisotopic (exact) mass is 765 g/mol. The standard InChI is InChI=1S/C57H51NO/c1-40(2)38-54(41(3)4)44-26-33-50(34-27-44)59-51-35-28-46(29-36-51)57(45-18-10-6-11-19-45)55-23-15-14-22-52(55)53-37-32-49(39-56(53)57)58(47-20-12-7-13-21-47)48-30-24-43(25-31-48)42-16-8-5-9-17-42/h5-37,39-41,54H,38H2,1-4H3. The van der Waals surface area contributed by atoms with Crippen LogP contribution in [-0.4, -0.2) is 0 Å². The zero-order valence-electron chi connectivity index (χ0n) is 34.4. The molecule has 8 aromatic carbocycles. The SMILES string of the molecule is CC(C)CC(c1ccc(Oc2ccc(C3(c4ccccc4)c4ccccc4-c4ccc(N(c5ccccc5)c5ccc(-c6ccccc6)cc5)cc43)cc2)cc1)C(C)C. The van der Waals surface area contributed by atoms with Gasteiger partial charge in [-0.15, -0.1) is 0 Å². The number of ether oxygens (including phenoxy) is 1. The van der Waals surface area contributed by atoms with E-state index in [2.05, 4.69) is 239 Å². The summed E-state index contributed by atoms with van der Waals surface area (Å²) in [5.41, 5.74) is 14.0. The van der Waals surface area contributed by atoms with Gasteiger partial charge in [0.15, 0.2) is 0 Å². The Labute approximate surface area is 350 Å². The van der Waals surface area contributed by atoms with Gasteiger partial charge in [-0.2, -0.15) is 0 Å². The van der Waals surface area contributed by atoms with Crippen LogP contribution in [0.4, 0.5) is 17.1 Å². The summed E-state index contributed by atoms with van der Waals surface area (Å²) in [7, 11) is 0. The molecule has 9 rings (SSSR count). The zero-order chi connectivity index (χ0) is 40.3. The lowest BCUT2D eigenvalue weighted by Gasteiger charge is -2.35. The maximum atomic E-state index is 6.53. The Kier molecular flexibility index (Phi) is 10.5. The van der Waals surface area contributed by atoms with Crippen LogP contribution in [0.2, 0.25) is 0 Å². The molecule has 0 bridgehead atoms. The number of hydrogen-bond acceptors (Lipinski definition) is 2. The van der Waals surface area contributed by atoms with Crippen LogP contribution in [0.1, 0.15) is 67.9 Å². The highest BCUT2D eigenvalue weighted by Crippen LogP contribution is 2.57. The Hall–Kier alpha value is -6.64. The molecule has 2 atom stereocenters. The summed E-state index contributed by atoms with van der Waals surface area (Å²) >= 11 is 0. The second-order valence-electron chi connectivity index (χ2n) is 16.7. The summed E-state index contributed by atoms with van der Waals surface area (Å²) in [6, 6.07) is 74.8. The Morgan fingerprint density at radius 2 is 0.949 bits per heavy atom. The smallest absolute Gasteiger partial charge is 0.127 e. The van der Waals surface area contributed by atoms with E-state index in [1.54, 1.807) is 0 Å². The summed E-state index contributed by atoms with van der Waals surface area (Å²) in [4.78, 5) is 2.38. The summed E-state index contributed by atoms with van der Waals surface area (Å²) in [5, 5.41) is 0. The van der Waals surface area contributed by atoms with Crippen LogP contribution in [0.25, 0.3) is 22.3 Å². The van der Waals surface area contributed by atoms with Crippen molar-refractivity contribution in [3.63, 3.8) is 0 Å². The van der Waals surface area contributed by atoms with Crippen molar-refractivity contribution in [3.8, 4) is 33.8 Å². The molecule has 2 unspecified atom stereocenters. The molecule has 0 heterocycles. The highest BCUT2D eigenvalue weighted by molar-refractivity contribution is 5.89. The first-order valence-electron chi connectivity index (χ1n) is 21.1. The van der Waals surface area contributed by atoms with Gasteiger partial charge in [0, 0.05) is 17.1 Å². The van der Waals surface area contributed by atoms with Crippen molar-refractivity contribution in [2.45, 2.75) is 45.4 Å². The summed E-state index contributed by atoms with van der Waals surface area (Å²) in [6.45, 7) is 9.28. The van der Waals surface area contributed by atoms with Crippen LogP contribution in [-0.2, 0) is 5.41 Å². The molecule has 2 heteroatoms. The molecule has 0 spiro atoms. The molecule has 0 saturated heterocycles. The lowest BCUT2D eigenvalue weighted by Crippen LogP contribution is -2.28. The first-order valence-corrected chi connectivity index (χ1v) is 21.1. The van der Waals surface area contributed by atoms with Crippen molar-refractivity contribution < 1.29 is 4.74 Å². The van der Waals surface area contributed by atoms with Crippen LogP contribution in [0.5, 0.6) is 11.5 Å². The molecule has 0 radical (unpaired) electrons. The minimum absolute atomic E-state index is 0.537. The van der Waals surface area contributed by atoms with E-state index in [0.717, 1.165) is 28.6 Å². The van der Waals surface area contributed by atoms with Crippen LogP contribution in [0.3, 0.4) is 0 Å². The number of para-hydroxylation sites is 1. The van der Waals surface area contributed by atoms with Crippen molar-refractivity contribution >= 4 is 17.1 Å². The number of anilines is 3. The van der Waals surface area contributed by atoms with Crippen LogP contribution < -0.4 is 9.64 Å². The van der Waals surface area contributed by atoms with Gasteiger partial charge in [0.1, 0.15) is 11.5 Å². The predicted molar refractivity (Wildman–Crippen MR) is 247 cm³/mol. The fourth-order valence-corrected chi connectivity index (χ4v) is 9.33. The molecule has 59 heavy (non-hydrogen) atoms. The van der Waals surface area contributed by atoms with Crippen molar-refractivity contribution in [2.75, 3.05) is 4.90 Å². The minimum atomic E-state index is -0.564. The molecule has 2 nitrogen and oxygen atoms in total. The van der Waals surface area contributed by atoms with E-state index in [1.807, 2.05) is 0 Å². The third kappa shape index (κ3) is 7.25. The summed E-state index contributed by atoms with van der Waals surface area (Å²) in [6.07, 6.45) is 1.18. The van der Waals surface area contributed by atoms with Crippen LogP contribution in [0.15, 0.2) is 206 Å². The number of hydrogen-bond donors (Lipinski definition) is 0. The lowest BCUT2D eigenvalue weighted by atomic mass is 9.67. The highest BCUT2D eigenvalue weighted by Gasteiger charge is 2.46. The maximum absolute atomic E-state index is 6.53. The Balaban J connectivity index is 1.14. The van der Waals surface area contributed by atoms with Gasteiger partial charge in [0.05, 0.1) is 5.41 Å². The lowest BCUT2D eigenvalue weighted by molar-refractivity contribution is 0.407. The maximum Gasteiger partial charge on any atom is 0.127 e.